The summed E-state index contributed by atoms with van der Waals surface area (Å²) in [6, 6.07) is 7.81. The summed E-state index contributed by atoms with van der Waals surface area (Å²) >= 11 is 1.53. The summed E-state index contributed by atoms with van der Waals surface area (Å²) in [5, 5.41) is 13.0. The molecule has 0 radical (unpaired) electrons. The van der Waals surface area contributed by atoms with Gasteiger partial charge in [-0.15, -0.1) is 17.9 Å². The summed E-state index contributed by atoms with van der Waals surface area (Å²) in [5.41, 5.74) is 0.0505. The Bertz CT molecular complexity index is 881. The van der Waals surface area contributed by atoms with E-state index in [0.717, 1.165) is 4.88 Å². The summed E-state index contributed by atoms with van der Waals surface area (Å²) in [7, 11) is 0. The SMILES string of the molecule is C=CCN(Cc1cccs1)C(=O)CN1C(=O)COc2ccc([N+](=O)[O-])cc21. The molecule has 2 heterocycles. The first kappa shape index (κ1) is 18.6. The molecule has 0 spiro atoms. The average Bonchev–Trinajstić information content (AvgIpc) is 3.16. The van der Waals surface area contributed by atoms with Gasteiger partial charge in [-0.05, 0) is 17.5 Å². The van der Waals surface area contributed by atoms with Crippen molar-refractivity contribution in [1.82, 2.24) is 4.90 Å². The fraction of sp³-hybridized carbons (Fsp3) is 0.222. The van der Waals surface area contributed by atoms with Gasteiger partial charge in [-0.1, -0.05) is 12.1 Å². The third-order valence-corrected chi connectivity index (χ3v) is 4.88. The molecule has 0 aliphatic carbocycles. The van der Waals surface area contributed by atoms with Crippen LogP contribution in [0, 0.1) is 10.1 Å². The summed E-state index contributed by atoms with van der Waals surface area (Å²) < 4.78 is 5.32. The van der Waals surface area contributed by atoms with Gasteiger partial charge < -0.3 is 9.64 Å². The molecule has 0 N–H and O–H groups in total. The number of hydrogen-bond donors (Lipinski definition) is 0. The Morgan fingerprint density at radius 3 is 2.93 bits per heavy atom. The number of carbonyl (C=O) groups is 2. The lowest BCUT2D eigenvalue weighted by Gasteiger charge is -2.30. The number of fused-ring (bicyclic) bond motifs is 1. The van der Waals surface area contributed by atoms with Crippen molar-refractivity contribution in [2.75, 3.05) is 24.6 Å². The molecule has 9 heteroatoms. The molecule has 0 fully saturated rings. The molecule has 1 aromatic heterocycles. The van der Waals surface area contributed by atoms with Crippen molar-refractivity contribution in [3.8, 4) is 5.75 Å². The van der Waals surface area contributed by atoms with E-state index in [9.17, 15) is 19.7 Å². The van der Waals surface area contributed by atoms with Gasteiger partial charge in [-0.2, -0.15) is 0 Å². The van der Waals surface area contributed by atoms with Gasteiger partial charge >= 0.3 is 0 Å². The van der Waals surface area contributed by atoms with Crippen LogP contribution < -0.4 is 9.64 Å². The van der Waals surface area contributed by atoms with Crippen molar-refractivity contribution in [1.29, 1.82) is 0 Å². The lowest BCUT2D eigenvalue weighted by atomic mass is 10.2. The summed E-state index contributed by atoms with van der Waals surface area (Å²) in [6.07, 6.45) is 1.62. The lowest BCUT2D eigenvalue weighted by Crippen LogP contribution is -2.46. The second-order valence-electron chi connectivity index (χ2n) is 5.82. The maximum Gasteiger partial charge on any atom is 0.271 e. The van der Waals surface area contributed by atoms with Crippen molar-refractivity contribution in [3.63, 3.8) is 0 Å². The lowest BCUT2D eigenvalue weighted by molar-refractivity contribution is -0.384. The van der Waals surface area contributed by atoms with Crippen molar-refractivity contribution in [3.05, 3.63) is 63.4 Å². The first-order chi connectivity index (χ1) is 13.0. The fourth-order valence-electron chi connectivity index (χ4n) is 2.71. The molecule has 1 aromatic carbocycles. The van der Waals surface area contributed by atoms with Crippen LogP contribution in [0.4, 0.5) is 11.4 Å². The largest absolute Gasteiger partial charge is 0.482 e. The Morgan fingerprint density at radius 1 is 1.44 bits per heavy atom. The van der Waals surface area contributed by atoms with E-state index in [2.05, 4.69) is 6.58 Å². The highest BCUT2D eigenvalue weighted by atomic mass is 32.1. The number of non-ortho nitro benzene ring substituents is 1. The maximum absolute atomic E-state index is 12.8. The third-order valence-electron chi connectivity index (χ3n) is 4.02. The van der Waals surface area contributed by atoms with E-state index in [4.69, 9.17) is 4.74 Å². The van der Waals surface area contributed by atoms with Crippen LogP contribution in [0.15, 0.2) is 48.4 Å². The van der Waals surface area contributed by atoms with Gasteiger partial charge in [-0.25, -0.2) is 0 Å². The first-order valence-corrected chi connectivity index (χ1v) is 9.00. The summed E-state index contributed by atoms with van der Waals surface area (Å²) in [5.74, 6) is -0.372. The number of nitro benzene ring substituents is 1. The predicted octanol–water partition coefficient (Wildman–Crippen LogP) is 2.60. The van der Waals surface area contributed by atoms with Gasteiger partial charge in [0.15, 0.2) is 6.61 Å². The van der Waals surface area contributed by atoms with Gasteiger partial charge in [0, 0.05) is 23.6 Å². The average molecular weight is 387 g/mol. The number of rotatable bonds is 7. The van der Waals surface area contributed by atoms with Gasteiger partial charge in [0.05, 0.1) is 17.2 Å². The third kappa shape index (κ3) is 4.14. The van der Waals surface area contributed by atoms with Crippen molar-refractivity contribution < 1.29 is 19.2 Å². The van der Waals surface area contributed by atoms with Crippen LogP contribution in [0.3, 0.4) is 0 Å². The molecule has 27 heavy (non-hydrogen) atoms. The highest BCUT2D eigenvalue weighted by Crippen LogP contribution is 2.35. The maximum atomic E-state index is 12.8. The van der Waals surface area contributed by atoms with E-state index >= 15 is 0 Å². The molecule has 2 aromatic rings. The van der Waals surface area contributed by atoms with Crippen molar-refractivity contribution in [2.24, 2.45) is 0 Å². The van der Waals surface area contributed by atoms with Gasteiger partial charge in [0.1, 0.15) is 12.3 Å². The molecule has 8 nitrogen and oxygen atoms in total. The van der Waals surface area contributed by atoms with Gasteiger partial charge in [-0.3, -0.25) is 24.6 Å². The Morgan fingerprint density at radius 2 is 2.26 bits per heavy atom. The number of benzene rings is 1. The second kappa shape index (κ2) is 8.00. The second-order valence-corrected chi connectivity index (χ2v) is 6.85. The number of thiophene rings is 1. The predicted molar refractivity (Wildman–Crippen MR) is 101 cm³/mol. The normalized spacial score (nSPS) is 12.9. The van der Waals surface area contributed by atoms with E-state index in [0.29, 0.717) is 18.8 Å². The number of ether oxygens (including phenoxy) is 1. The van der Waals surface area contributed by atoms with Gasteiger partial charge in [0.25, 0.3) is 11.6 Å². The molecule has 0 atom stereocenters. The number of anilines is 1. The fourth-order valence-corrected chi connectivity index (χ4v) is 3.43. The van der Waals surface area contributed by atoms with E-state index in [-0.39, 0.29) is 30.4 Å². The van der Waals surface area contributed by atoms with Crippen LogP contribution in [0.2, 0.25) is 0 Å². The minimum absolute atomic E-state index is 0.175. The van der Waals surface area contributed by atoms with E-state index in [1.165, 1.54) is 34.4 Å². The molecule has 140 valence electrons. The zero-order chi connectivity index (χ0) is 19.4. The highest BCUT2D eigenvalue weighted by Gasteiger charge is 2.30. The van der Waals surface area contributed by atoms with Gasteiger partial charge in [0.2, 0.25) is 5.91 Å². The minimum Gasteiger partial charge on any atom is -0.482 e. The zero-order valence-corrected chi connectivity index (χ0v) is 15.2. The number of nitro groups is 1. The van der Waals surface area contributed by atoms with Crippen LogP contribution in [0.1, 0.15) is 4.88 Å². The standard InChI is InChI=1S/C18H17N3O5S/c1-2-7-19(10-14-4-3-8-27-14)17(22)11-20-15-9-13(21(24)25)5-6-16(15)26-12-18(20)23/h2-6,8-9H,1,7,10-12H2. The monoisotopic (exact) mass is 387 g/mol. The number of hydrogen-bond acceptors (Lipinski definition) is 6. The number of carbonyl (C=O) groups excluding carboxylic acids is 2. The highest BCUT2D eigenvalue weighted by molar-refractivity contribution is 7.09. The molecule has 1 aliphatic heterocycles. The van der Waals surface area contributed by atoms with Crippen LogP contribution in [0.25, 0.3) is 0 Å². The summed E-state index contributed by atoms with van der Waals surface area (Å²) in [4.78, 5) is 39.4. The van der Waals surface area contributed by atoms with E-state index in [1.54, 1.807) is 11.0 Å². The smallest absolute Gasteiger partial charge is 0.271 e. The molecular weight excluding hydrogens is 370 g/mol. The Balaban J connectivity index is 1.83. The van der Waals surface area contributed by atoms with Crippen molar-refractivity contribution in [2.45, 2.75) is 6.54 Å². The molecule has 0 saturated heterocycles. The molecule has 0 saturated carbocycles. The Kier molecular flexibility index (Phi) is 5.51. The quantitative estimate of drug-likeness (QED) is 0.414. The summed E-state index contributed by atoms with van der Waals surface area (Å²) in [6.45, 7) is 3.97. The molecule has 0 bridgehead atoms. The number of amides is 2. The Labute approximate surface area is 159 Å². The molecule has 0 unspecified atom stereocenters. The number of nitrogens with zero attached hydrogens (tertiary/aromatic N) is 3. The Hall–Kier alpha value is -3.20. The molecular formula is C18H17N3O5S. The molecule has 2 amide bonds. The minimum atomic E-state index is -0.555. The van der Waals surface area contributed by atoms with Crippen molar-refractivity contribution >= 4 is 34.5 Å². The van der Waals surface area contributed by atoms with Crippen LogP contribution in [-0.4, -0.2) is 41.3 Å². The van der Waals surface area contributed by atoms with Crippen LogP contribution >= 0.6 is 11.3 Å². The molecule has 3 rings (SSSR count). The van der Waals surface area contributed by atoms with E-state index < -0.39 is 10.8 Å². The van der Waals surface area contributed by atoms with Crippen LogP contribution in [0.5, 0.6) is 5.75 Å². The molecule has 1 aliphatic rings. The van der Waals surface area contributed by atoms with Crippen LogP contribution in [-0.2, 0) is 16.1 Å². The van der Waals surface area contributed by atoms with E-state index in [1.807, 2.05) is 17.5 Å². The zero-order valence-electron chi connectivity index (χ0n) is 14.4. The topological polar surface area (TPSA) is 93.0 Å². The first-order valence-electron chi connectivity index (χ1n) is 8.12.